The fraction of sp³-hybridized carbons (Fsp3) is 0.579. The second kappa shape index (κ2) is 4.29. The van der Waals surface area contributed by atoms with Crippen LogP contribution in [0.25, 0.3) is 0 Å². The van der Waals surface area contributed by atoms with Crippen molar-refractivity contribution < 1.29 is 4.74 Å². The first-order valence-electron chi connectivity index (χ1n) is 7.63. The predicted molar refractivity (Wildman–Crippen MR) is 83.3 cm³/mol. The van der Waals surface area contributed by atoms with Gasteiger partial charge in [0.05, 0.1) is 0 Å². The lowest BCUT2D eigenvalue weighted by Crippen LogP contribution is -2.41. The van der Waals surface area contributed by atoms with Crippen LogP contribution < -0.4 is 4.74 Å². The van der Waals surface area contributed by atoms with Gasteiger partial charge in [-0.25, -0.2) is 0 Å². The Bertz CT molecular complexity index is 607. The number of benzene rings is 1. The fourth-order valence-corrected chi connectivity index (χ4v) is 3.65. The molecule has 1 aliphatic carbocycles. The predicted octanol–water partition coefficient (Wildman–Crippen LogP) is 4.77. The summed E-state index contributed by atoms with van der Waals surface area (Å²) in [6.07, 6.45) is 3.62. The van der Waals surface area contributed by atoms with Gasteiger partial charge in [0.1, 0.15) is 11.4 Å². The van der Waals surface area contributed by atoms with Crippen LogP contribution in [0, 0.1) is 11.8 Å². The molecule has 106 valence electrons. The molecule has 0 spiro atoms. The molecule has 1 aliphatic heterocycles. The third-order valence-electron chi connectivity index (χ3n) is 4.38. The van der Waals surface area contributed by atoms with E-state index in [1.807, 2.05) is 6.92 Å². The van der Waals surface area contributed by atoms with Crippen LogP contribution in [-0.4, -0.2) is 5.60 Å². The van der Waals surface area contributed by atoms with Gasteiger partial charge in [0, 0.05) is 11.1 Å². The fourth-order valence-electron chi connectivity index (χ4n) is 3.65. The minimum Gasteiger partial charge on any atom is -0.487 e. The van der Waals surface area contributed by atoms with E-state index in [2.05, 4.69) is 51.7 Å². The zero-order chi connectivity index (χ0) is 14.5. The van der Waals surface area contributed by atoms with Crippen molar-refractivity contribution in [3.8, 4) is 17.6 Å². The van der Waals surface area contributed by atoms with Crippen molar-refractivity contribution in [1.29, 1.82) is 0 Å². The minimum atomic E-state index is -0.0852. The van der Waals surface area contributed by atoms with Crippen molar-refractivity contribution in [2.24, 2.45) is 0 Å². The lowest BCUT2D eigenvalue weighted by Gasteiger charge is -2.43. The van der Waals surface area contributed by atoms with E-state index in [1.165, 1.54) is 24.0 Å². The molecule has 1 heterocycles. The highest BCUT2D eigenvalue weighted by Gasteiger charge is 2.42. The lowest BCUT2D eigenvalue weighted by molar-refractivity contribution is 0.0521. The van der Waals surface area contributed by atoms with E-state index in [-0.39, 0.29) is 11.0 Å². The van der Waals surface area contributed by atoms with E-state index in [1.54, 1.807) is 0 Å². The summed E-state index contributed by atoms with van der Waals surface area (Å²) in [6.45, 7) is 11.0. The second-order valence-corrected chi connectivity index (χ2v) is 7.51. The molecule has 1 aromatic rings. The summed E-state index contributed by atoms with van der Waals surface area (Å²) in [5.41, 5.74) is 3.94. The quantitative estimate of drug-likeness (QED) is 0.666. The first kappa shape index (κ1) is 13.6. The van der Waals surface area contributed by atoms with Crippen molar-refractivity contribution >= 4 is 0 Å². The number of hydrogen-bond donors (Lipinski definition) is 0. The zero-order valence-corrected chi connectivity index (χ0v) is 13.3. The molecule has 1 saturated carbocycles. The summed E-state index contributed by atoms with van der Waals surface area (Å²) < 4.78 is 6.37. The highest BCUT2D eigenvalue weighted by Crippen LogP contribution is 2.52. The maximum Gasteiger partial charge on any atom is 0.127 e. The van der Waals surface area contributed by atoms with Crippen LogP contribution in [0.2, 0.25) is 0 Å². The summed E-state index contributed by atoms with van der Waals surface area (Å²) in [5, 5.41) is 0. The second-order valence-electron chi connectivity index (χ2n) is 7.51. The van der Waals surface area contributed by atoms with E-state index in [4.69, 9.17) is 4.74 Å². The van der Waals surface area contributed by atoms with Crippen LogP contribution in [0.15, 0.2) is 12.1 Å². The van der Waals surface area contributed by atoms with E-state index in [9.17, 15) is 0 Å². The van der Waals surface area contributed by atoms with Crippen molar-refractivity contribution in [2.75, 3.05) is 0 Å². The maximum absolute atomic E-state index is 6.37. The Morgan fingerprint density at radius 3 is 2.45 bits per heavy atom. The molecule has 0 saturated heterocycles. The summed E-state index contributed by atoms with van der Waals surface area (Å²) in [4.78, 5) is 0. The van der Waals surface area contributed by atoms with Crippen LogP contribution in [-0.2, 0) is 5.41 Å². The Kier molecular flexibility index (Phi) is 2.91. The molecule has 0 aromatic heterocycles. The highest BCUT2D eigenvalue weighted by atomic mass is 16.5. The van der Waals surface area contributed by atoms with Gasteiger partial charge in [0.25, 0.3) is 0 Å². The van der Waals surface area contributed by atoms with Gasteiger partial charge in [-0.3, -0.25) is 0 Å². The van der Waals surface area contributed by atoms with Gasteiger partial charge in [-0.2, -0.15) is 0 Å². The Morgan fingerprint density at radius 2 is 1.85 bits per heavy atom. The van der Waals surface area contributed by atoms with Gasteiger partial charge >= 0.3 is 0 Å². The number of ether oxygens (including phenoxy) is 1. The number of hydrogen-bond acceptors (Lipinski definition) is 1. The Morgan fingerprint density at radius 1 is 1.15 bits per heavy atom. The Labute approximate surface area is 122 Å². The van der Waals surface area contributed by atoms with Gasteiger partial charge in [0.15, 0.2) is 0 Å². The lowest BCUT2D eigenvalue weighted by atomic mass is 9.72. The summed E-state index contributed by atoms with van der Waals surface area (Å²) in [6, 6.07) is 4.50. The van der Waals surface area contributed by atoms with Crippen molar-refractivity contribution in [3.63, 3.8) is 0 Å². The monoisotopic (exact) mass is 268 g/mol. The smallest absolute Gasteiger partial charge is 0.127 e. The van der Waals surface area contributed by atoms with E-state index >= 15 is 0 Å². The van der Waals surface area contributed by atoms with Crippen LogP contribution in [0.1, 0.15) is 76.5 Å². The molecule has 2 aliphatic rings. The van der Waals surface area contributed by atoms with Crippen LogP contribution in [0.5, 0.6) is 5.75 Å². The number of rotatable bonds is 1. The van der Waals surface area contributed by atoms with Gasteiger partial charge in [-0.15, -0.1) is 5.92 Å². The standard InChI is InChI=1S/C19H24O/c1-6-7-13-10-15(14-8-9-14)17-16(11-13)18(2,3)12-19(4,5)20-17/h10-11,14H,8-9,12H2,1-5H3. The summed E-state index contributed by atoms with van der Waals surface area (Å²) in [5.74, 6) is 8.10. The van der Waals surface area contributed by atoms with E-state index in [0.717, 1.165) is 17.7 Å². The molecule has 20 heavy (non-hydrogen) atoms. The maximum atomic E-state index is 6.37. The molecule has 1 fully saturated rings. The van der Waals surface area contributed by atoms with E-state index in [0.29, 0.717) is 5.92 Å². The Hall–Kier alpha value is -1.42. The molecule has 0 amide bonds. The molecular formula is C19H24O. The SMILES string of the molecule is CC#Cc1cc(C2CC2)c2c(c1)C(C)(C)CC(C)(C)O2. The molecule has 0 bridgehead atoms. The van der Waals surface area contributed by atoms with Gasteiger partial charge in [0.2, 0.25) is 0 Å². The highest BCUT2D eigenvalue weighted by molar-refractivity contribution is 5.56. The van der Waals surface area contributed by atoms with Gasteiger partial charge in [-0.1, -0.05) is 19.8 Å². The molecule has 1 heteroatoms. The molecule has 3 rings (SSSR count). The zero-order valence-electron chi connectivity index (χ0n) is 13.3. The van der Waals surface area contributed by atoms with Gasteiger partial charge < -0.3 is 4.74 Å². The van der Waals surface area contributed by atoms with Crippen molar-refractivity contribution in [3.05, 3.63) is 28.8 Å². The van der Waals surface area contributed by atoms with E-state index < -0.39 is 0 Å². The third kappa shape index (κ3) is 2.33. The molecule has 1 nitrogen and oxygen atoms in total. The van der Waals surface area contributed by atoms with Gasteiger partial charge in [-0.05, 0) is 69.1 Å². The molecular weight excluding hydrogens is 244 g/mol. The average Bonchev–Trinajstić information content (AvgIpc) is 3.11. The third-order valence-corrected chi connectivity index (χ3v) is 4.38. The largest absolute Gasteiger partial charge is 0.487 e. The normalized spacial score (nSPS) is 22.2. The van der Waals surface area contributed by atoms with Crippen molar-refractivity contribution in [2.45, 2.75) is 70.8 Å². The topological polar surface area (TPSA) is 9.23 Å². The average molecular weight is 268 g/mol. The van der Waals surface area contributed by atoms with Crippen LogP contribution >= 0.6 is 0 Å². The van der Waals surface area contributed by atoms with Crippen LogP contribution in [0.3, 0.4) is 0 Å². The molecule has 0 radical (unpaired) electrons. The first-order chi connectivity index (χ1) is 9.32. The molecule has 0 N–H and O–H groups in total. The first-order valence-corrected chi connectivity index (χ1v) is 7.63. The number of fused-ring (bicyclic) bond motifs is 1. The molecule has 1 aromatic carbocycles. The van der Waals surface area contributed by atoms with Crippen molar-refractivity contribution in [1.82, 2.24) is 0 Å². The molecule has 0 atom stereocenters. The van der Waals surface area contributed by atoms with Crippen LogP contribution in [0.4, 0.5) is 0 Å². The summed E-state index contributed by atoms with van der Waals surface area (Å²) in [7, 11) is 0. The molecule has 0 unspecified atom stereocenters. The Balaban J connectivity index is 2.21. The minimum absolute atomic E-state index is 0.0852. The summed E-state index contributed by atoms with van der Waals surface area (Å²) >= 11 is 0.